The van der Waals surface area contributed by atoms with Crippen LogP contribution in [0, 0.1) is 11.8 Å². The molecule has 0 saturated carbocycles. The zero-order valence-corrected chi connectivity index (χ0v) is 24.6. The summed E-state index contributed by atoms with van der Waals surface area (Å²) in [5.74, 6) is 6.39. The van der Waals surface area contributed by atoms with E-state index in [9.17, 15) is 9.59 Å². The second-order valence-electron chi connectivity index (χ2n) is 8.70. The first-order valence-corrected chi connectivity index (χ1v) is 15.6. The number of nitrogens with zero attached hydrogens (tertiary/aromatic N) is 5. The number of benzene rings is 1. The summed E-state index contributed by atoms with van der Waals surface area (Å²) in [6, 6.07) is 12.2. The summed E-state index contributed by atoms with van der Waals surface area (Å²) in [6.07, 6.45) is 6.69. The number of nitrogens with two attached hydrogens (primary N) is 1. The van der Waals surface area contributed by atoms with Gasteiger partial charge in [0.1, 0.15) is 28.7 Å². The van der Waals surface area contributed by atoms with E-state index < -0.39 is 0 Å². The average molecular weight is 649 g/mol. The van der Waals surface area contributed by atoms with Crippen LogP contribution in [0.3, 0.4) is 0 Å². The van der Waals surface area contributed by atoms with E-state index >= 15 is 0 Å². The number of amides is 2. The summed E-state index contributed by atoms with van der Waals surface area (Å²) in [4.78, 5) is 40.3. The molecule has 1 aliphatic heterocycles. The van der Waals surface area contributed by atoms with Gasteiger partial charge >= 0.3 is 43.2 Å². The Morgan fingerprint density at radius 1 is 1.20 bits per heavy atom. The number of fused-ring (bicyclic) bond motifs is 1. The first-order valence-electron chi connectivity index (χ1n) is 12.9. The van der Waals surface area contributed by atoms with Crippen molar-refractivity contribution in [3.8, 4) is 23.1 Å². The molecule has 5 rings (SSSR count). The Morgan fingerprint density at radius 2 is 2.00 bits per heavy atom. The van der Waals surface area contributed by atoms with Gasteiger partial charge in [0.25, 0.3) is 11.8 Å². The van der Waals surface area contributed by atoms with Gasteiger partial charge in [-0.1, -0.05) is 24.1 Å². The molecule has 0 aliphatic carbocycles. The molecule has 0 spiro atoms. The van der Waals surface area contributed by atoms with Crippen molar-refractivity contribution in [3.05, 3.63) is 83.1 Å². The van der Waals surface area contributed by atoms with E-state index in [1.165, 1.54) is 4.43 Å². The van der Waals surface area contributed by atoms with Crippen LogP contribution in [0.1, 0.15) is 48.9 Å². The van der Waals surface area contributed by atoms with E-state index in [0.717, 1.165) is 18.4 Å². The maximum Gasteiger partial charge on any atom is 0.299 e. The smallest absolute Gasteiger partial charge is 0.299 e. The van der Waals surface area contributed by atoms with Gasteiger partial charge in [-0.05, 0) is 50.0 Å². The van der Waals surface area contributed by atoms with Gasteiger partial charge in [-0.3, -0.25) is 14.0 Å². The average Bonchev–Trinajstić information content (AvgIpc) is 3.61. The molecular formula is C30H31IN7O2-. The molecule has 1 fully saturated rings. The summed E-state index contributed by atoms with van der Waals surface area (Å²) in [5, 5.41) is 2.77. The van der Waals surface area contributed by atoms with Crippen molar-refractivity contribution in [2.75, 3.05) is 22.0 Å². The van der Waals surface area contributed by atoms with Gasteiger partial charge in [-0.2, -0.15) is 0 Å². The van der Waals surface area contributed by atoms with Gasteiger partial charge in [0.2, 0.25) is 0 Å². The standard InChI is InChI=1S/C26H23N7O2.C4H8I/c1-2-6-21(34)32-15-5-7-19(32)25-31-22(23-24(27)29-14-16-33(23)25)17-9-11-18(12-10-17)26(35)30-20-8-3-4-13-28-20;1-3-5-4-2/h3-4,8-14,16,19H,5,7,15H2,1H3,(H2,27,29)(H,28,30,35);3H,1,4H2,2H3/q;-1/t19-;/m0./s1. The van der Waals surface area contributed by atoms with Crippen LogP contribution in [0.4, 0.5) is 11.6 Å². The number of imidazole rings is 1. The van der Waals surface area contributed by atoms with Crippen LogP contribution >= 0.6 is 0 Å². The molecular weight excluding hydrogens is 617 g/mol. The van der Waals surface area contributed by atoms with E-state index in [4.69, 9.17) is 10.7 Å². The van der Waals surface area contributed by atoms with E-state index in [2.05, 4.69) is 40.6 Å². The number of carbonyl (C=O) groups is 2. The Kier molecular flexibility index (Phi) is 9.86. The Balaban J connectivity index is 0.000000681. The summed E-state index contributed by atoms with van der Waals surface area (Å²) < 4.78 is 5.27. The second kappa shape index (κ2) is 13.7. The van der Waals surface area contributed by atoms with Gasteiger partial charge < -0.3 is 16.0 Å². The number of alkyl halides is 1. The number of aromatic nitrogens is 4. The van der Waals surface area contributed by atoms with Crippen molar-refractivity contribution in [2.24, 2.45) is 0 Å². The van der Waals surface area contributed by atoms with E-state index in [0.29, 0.717) is 62.0 Å². The Hall–Kier alpha value is -4.24. The molecule has 1 aliphatic rings. The third-order valence-electron chi connectivity index (χ3n) is 6.24. The van der Waals surface area contributed by atoms with Crippen LogP contribution in [0.15, 0.2) is 71.7 Å². The van der Waals surface area contributed by atoms with Crippen LogP contribution in [0.5, 0.6) is 0 Å². The molecule has 0 radical (unpaired) electrons. The molecule has 1 saturated heterocycles. The number of rotatable bonds is 6. The first-order chi connectivity index (χ1) is 19.5. The van der Waals surface area contributed by atoms with Crippen molar-refractivity contribution < 1.29 is 30.8 Å². The number of hydrogen-bond acceptors (Lipinski definition) is 6. The third kappa shape index (κ3) is 6.48. The van der Waals surface area contributed by atoms with Gasteiger partial charge in [-0.15, -0.1) is 0 Å². The molecule has 3 aromatic heterocycles. The van der Waals surface area contributed by atoms with E-state index in [1.54, 1.807) is 60.7 Å². The van der Waals surface area contributed by atoms with Gasteiger partial charge in [0.05, 0.1) is 6.04 Å². The SMILES string of the molecule is C=C[I-]CC.CC#CC(=O)N1CCC[C@H]1c1nc(-c2ccc(C(=O)Nc3ccccn3)cc2)c2c(N)nccn12. The fourth-order valence-electron chi connectivity index (χ4n) is 4.49. The molecule has 10 heteroatoms. The molecule has 0 bridgehead atoms. The molecule has 2 amide bonds. The summed E-state index contributed by atoms with van der Waals surface area (Å²) in [7, 11) is 0. The monoisotopic (exact) mass is 648 g/mol. The predicted molar refractivity (Wildman–Crippen MR) is 153 cm³/mol. The Labute approximate surface area is 244 Å². The number of hydrogen-bond donors (Lipinski definition) is 2. The first kappa shape index (κ1) is 28.8. The zero-order valence-electron chi connectivity index (χ0n) is 22.5. The maximum absolute atomic E-state index is 12.6. The molecule has 40 heavy (non-hydrogen) atoms. The number of halogens is 1. The largest absolute Gasteiger partial charge is 0.382 e. The maximum atomic E-state index is 12.6. The molecule has 9 nitrogen and oxygen atoms in total. The fourth-order valence-corrected chi connectivity index (χ4v) is 5.12. The summed E-state index contributed by atoms with van der Waals surface area (Å²) in [6.45, 7) is 8.07. The minimum absolute atomic E-state index is 0.210. The zero-order chi connectivity index (χ0) is 28.5. The van der Waals surface area contributed by atoms with Gasteiger partial charge in [-0.25, -0.2) is 15.0 Å². The van der Waals surface area contributed by atoms with Crippen LogP contribution in [-0.2, 0) is 4.79 Å². The van der Waals surface area contributed by atoms with Crippen molar-refractivity contribution in [3.63, 3.8) is 0 Å². The molecule has 4 aromatic rings. The quantitative estimate of drug-likeness (QED) is 0.186. The van der Waals surface area contributed by atoms with Gasteiger partial charge in [0.15, 0.2) is 0 Å². The molecule has 4 heterocycles. The summed E-state index contributed by atoms with van der Waals surface area (Å²) in [5.41, 5.74) is 8.84. The Bertz CT molecular complexity index is 1560. The van der Waals surface area contributed by atoms with Crippen LogP contribution in [0.25, 0.3) is 16.8 Å². The third-order valence-corrected chi connectivity index (χ3v) is 7.75. The fraction of sp³-hybridized carbons (Fsp3) is 0.233. The molecule has 1 atom stereocenters. The second-order valence-corrected chi connectivity index (χ2v) is 12.0. The van der Waals surface area contributed by atoms with E-state index in [-0.39, 0.29) is 17.9 Å². The number of likely N-dealkylation sites (tertiary alicyclic amines) is 1. The number of nitrogen functional groups attached to an aromatic ring is 1. The van der Waals surface area contributed by atoms with Crippen molar-refractivity contribution in [1.29, 1.82) is 0 Å². The number of anilines is 2. The number of pyridine rings is 1. The van der Waals surface area contributed by atoms with Crippen LogP contribution in [0.2, 0.25) is 0 Å². The summed E-state index contributed by atoms with van der Waals surface area (Å²) >= 11 is 0.395. The van der Waals surface area contributed by atoms with Crippen molar-refractivity contribution >= 4 is 29.0 Å². The Morgan fingerprint density at radius 3 is 2.65 bits per heavy atom. The topological polar surface area (TPSA) is 119 Å². The minimum atomic E-state index is -0.260. The number of carbonyl (C=O) groups excluding carboxylic acids is 2. The minimum Gasteiger partial charge on any atom is -0.382 e. The van der Waals surface area contributed by atoms with Crippen molar-refractivity contribution in [2.45, 2.75) is 32.7 Å². The normalized spacial score (nSPS) is 14.2. The number of nitrogens with one attached hydrogen (secondary N) is 1. The van der Waals surface area contributed by atoms with Crippen molar-refractivity contribution in [1.82, 2.24) is 24.3 Å². The molecule has 206 valence electrons. The molecule has 1 aromatic carbocycles. The van der Waals surface area contributed by atoms with E-state index in [1.807, 2.05) is 20.6 Å². The van der Waals surface area contributed by atoms with Gasteiger partial charge in [0, 0.05) is 36.3 Å². The van der Waals surface area contributed by atoms with Crippen LogP contribution < -0.4 is 32.3 Å². The molecule has 0 unspecified atom stereocenters. The predicted octanol–water partition coefficient (Wildman–Crippen LogP) is 1.55. The molecule has 3 N–H and O–H groups in total. The van der Waals surface area contributed by atoms with Crippen LogP contribution in [-0.4, -0.2) is 47.0 Å².